The van der Waals surface area contributed by atoms with E-state index >= 15 is 0 Å². The first-order chi connectivity index (χ1) is 11.4. The molecule has 5 nitrogen and oxygen atoms in total. The van der Waals surface area contributed by atoms with Crippen LogP contribution in [0.5, 0.6) is 5.75 Å². The molecule has 24 heavy (non-hydrogen) atoms. The van der Waals surface area contributed by atoms with Crippen LogP contribution in [0.1, 0.15) is 22.8 Å². The first-order valence-corrected chi connectivity index (χ1v) is 8.12. The van der Waals surface area contributed by atoms with Gasteiger partial charge < -0.3 is 14.8 Å². The normalized spacial score (nSPS) is 11.5. The van der Waals surface area contributed by atoms with Crippen LogP contribution in [0.2, 0.25) is 0 Å². The second kappa shape index (κ2) is 7.97. The number of amides is 1. The molecule has 2 aromatic rings. The van der Waals surface area contributed by atoms with E-state index in [-0.39, 0.29) is 0 Å². The van der Waals surface area contributed by atoms with Crippen LogP contribution in [0.4, 0.5) is 5.69 Å². The largest absolute Gasteiger partial charge is 0.496 e. The first-order valence-electron chi connectivity index (χ1n) is 7.32. The highest BCUT2D eigenvalue weighted by Crippen LogP contribution is 2.21. The van der Waals surface area contributed by atoms with Gasteiger partial charge in [-0.2, -0.15) is 0 Å². The Morgan fingerprint density at radius 1 is 1.12 bits per heavy atom. The fourth-order valence-electron chi connectivity index (χ4n) is 2.04. The molecule has 0 aliphatic carbocycles. The summed E-state index contributed by atoms with van der Waals surface area (Å²) in [6, 6.07) is 12.3. The fourth-order valence-corrected chi connectivity index (χ4v) is 2.30. The van der Waals surface area contributed by atoms with Crippen LogP contribution in [0.25, 0.3) is 0 Å². The summed E-state index contributed by atoms with van der Waals surface area (Å²) in [7, 11) is 1.48. The minimum Gasteiger partial charge on any atom is -0.496 e. The third-order valence-electron chi connectivity index (χ3n) is 3.34. The lowest BCUT2D eigenvalue weighted by Crippen LogP contribution is -2.30. The number of esters is 1. The Bertz CT molecular complexity index is 743. The van der Waals surface area contributed by atoms with E-state index in [4.69, 9.17) is 9.47 Å². The third-order valence-corrected chi connectivity index (χ3v) is 3.87. The quantitative estimate of drug-likeness (QED) is 0.783. The van der Waals surface area contributed by atoms with Gasteiger partial charge in [-0.3, -0.25) is 4.79 Å². The predicted octanol–water partition coefficient (Wildman–Crippen LogP) is 3.95. The second-order valence-electron chi connectivity index (χ2n) is 5.25. The number of benzene rings is 2. The summed E-state index contributed by atoms with van der Waals surface area (Å²) in [5.74, 6) is -0.600. The Morgan fingerprint density at radius 3 is 2.42 bits per heavy atom. The molecule has 2 rings (SSSR count). The van der Waals surface area contributed by atoms with Crippen molar-refractivity contribution in [3.63, 3.8) is 0 Å². The minimum atomic E-state index is -0.939. The number of nitrogens with one attached hydrogen (secondary N) is 1. The Hall–Kier alpha value is -2.34. The number of aryl methyl sites for hydroxylation is 1. The van der Waals surface area contributed by atoms with E-state index < -0.39 is 18.0 Å². The molecule has 0 aliphatic rings. The molecular weight excluding hydrogens is 374 g/mol. The molecule has 0 saturated heterocycles. The van der Waals surface area contributed by atoms with E-state index in [0.717, 1.165) is 10.0 Å². The molecule has 0 heterocycles. The molecule has 0 fully saturated rings. The van der Waals surface area contributed by atoms with E-state index in [1.807, 2.05) is 25.1 Å². The second-order valence-corrected chi connectivity index (χ2v) is 6.16. The van der Waals surface area contributed by atoms with Crippen LogP contribution in [-0.4, -0.2) is 25.1 Å². The lowest BCUT2D eigenvalue weighted by molar-refractivity contribution is -0.123. The average Bonchev–Trinajstić information content (AvgIpc) is 2.56. The number of methoxy groups -OCH3 is 1. The van der Waals surface area contributed by atoms with Crippen molar-refractivity contribution in [2.45, 2.75) is 20.0 Å². The lowest BCUT2D eigenvalue weighted by Gasteiger charge is -2.15. The topological polar surface area (TPSA) is 64.6 Å². The number of anilines is 1. The van der Waals surface area contributed by atoms with Gasteiger partial charge in [-0.05, 0) is 50.2 Å². The Labute approximate surface area is 149 Å². The van der Waals surface area contributed by atoms with Crippen molar-refractivity contribution in [3.05, 3.63) is 58.1 Å². The number of hydrogen-bond donors (Lipinski definition) is 1. The molecule has 1 atom stereocenters. The molecule has 6 heteroatoms. The molecule has 0 bridgehead atoms. The average molecular weight is 392 g/mol. The molecule has 1 N–H and O–H groups in total. The summed E-state index contributed by atoms with van der Waals surface area (Å²) in [4.78, 5) is 24.5. The monoisotopic (exact) mass is 391 g/mol. The van der Waals surface area contributed by atoms with E-state index in [9.17, 15) is 9.59 Å². The number of halogens is 1. The van der Waals surface area contributed by atoms with Crippen molar-refractivity contribution in [2.24, 2.45) is 0 Å². The van der Waals surface area contributed by atoms with Crippen LogP contribution in [0.15, 0.2) is 46.9 Å². The molecule has 1 amide bonds. The zero-order valence-corrected chi connectivity index (χ0v) is 15.2. The smallest absolute Gasteiger partial charge is 0.342 e. The number of carbonyl (C=O) groups is 2. The van der Waals surface area contributed by atoms with Crippen LogP contribution in [-0.2, 0) is 9.53 Å². The highest BCUT2D eigenvalue weighted by atomic mass is 79.9. The Balaban J connectivity index is 2.04. The minimum absolute atomic E-state index is 0.292. The van der Waals surface area contributed by atoms with Gasteiger partial charge in [0, 0.05) is 10.2 Å². The van der Waals surface area contributed by atoms with Crippen LogP contribution in [0, 0.1) is 6.92 Å². The van der Waals surface area contributed by atoms with Crippen LogP contribution < -0.4 is 10.1 Å². The maximum Gasteiger partial charge on any atom is 0.342 e. The van der Waals surface area contributed by atoms with Gasteiger partial charge >= 0.3 is 5.97 Å². The predicted molar refractivity (Wildman–Crippen MR) is 95.4 cm³/mol. The molecule has 0 spiro atoms. The summed E-state index contributed by atoms with van der Waals surface area (Å²) in [6.45, 7) is 3.38. The SMILES string of the molecule is COc1ccc(C)cc1C(=O)O[C@H](C)C(=O)Nc1ccc(Br)cc1. The zero-order valence-electron chi connectivity index (χ0n) is 13.6. The van der Waals surface area contributed by atoms with Crippen molar-refractivity contribution < 1.29 is 19.1 Å². The van der Waals surface area contributed by atoms with Crippen molar-refractivity contribution in [2.75, 3.05) is 12.4 Å². The number of rotatable bonds is 5. The van der Waals surface area contributed by atoms with Crippen LogP contribution in [0.3, 0.4) is 0 Å². The number of ether oxygens (including phenoxy) is 2. The summed E-state index contributed by atoms with van der Waals surface area (Å²) in [5, 5.41) is 2.70. The lowest BCUT2D eigenvalue weighted by atomic mass is 10.1. The Kier molecular flexibility index (Phi) is 5.98. The highest BCUT2D eigenvalue weighted by Gasteiger charge is 2.21. The van der Waals surface area contributed by atoms with Gasteiger partial charge in [0.15, 0.2) is 6.10 Å². The van der Waals surface area contributed by atoms with Gasteiger partial charge in [-0.1, -0.05) is 27.6 Å². The van der Waals surface area contributed by atoms with Crippen molar-refractivity contribution >= 4 is 33.5 Å². The summed E-state index contributed by atoms with van der Waals surface area (Å²) in [5.41, 5.74) is 1.81. The molecule has 0 radical (unpaired) electrons. The van der Waals surface area contributed by atoms with Gasteiger partial charge in [0.25, 0.3) is 5.91 Å². The van der Waals surface area contributed by atoms with Gasteiger partial charge in [0.1, 0.15) is 11.3 Å². The molecule has 0 aliphatic heterocycles. The summed E-state index contributed by atoms with van der Waals surface area (Å²) < 4.78 is 11.3. The molecule has 0 unspecified atom stereocenters. The standard InChI is InChI=1S/C18H18BrNO4/c1-11-4-9-16(23-3)15(10-11)18(22)24-12(2)17(21)20-14-7-5-13(19)6-8-14/h4-10,12H,1-3H3,(H,20,21)/t12-/m1/s1. The maximum atomic E-state index is 12.3. The van der Waals surface area contributed by atoms with Gasteiger partial charge in [-0.25, -0.2) is 4.79 Å². The van der Waals surface area contributed by atoms with E-state index in [0.29, 0.717) is 17.0 Å². The molecule has 0 saturated carbocycles. The van der Waals surface area contributed by atoms with Gasteiger partial charge in [-0.15, -0.1) is 0 Å². The number of carbonyl (C=O) groups excluding carboxylic acids is 2. The highest BCUT2D eigenvalue weighted by molar-refractivity contribution is 9.10. The van der Waals surface area contributed by atoms with E-state index in [1.165, 1.54) is 14.0 Å². The Morgan fingerprint density at radius 2 is 1.79 bits per heavy atom. The van der Waals surface area contributed by atoms with Gasteiger partial charge in [0.05, 0.1) is 7.11 Å². The van der Waals surface area contributed by atoms with Crippen molar-refractivity contribution in [1.29, 1.82) is 0 Å². The first kappa shape index (κ1) is 18.0. The van der Waals surface area contributed by atoms with E-state index in [1.54, 1.807) is 24.3 Å². The molecule has 0 aromatic heterocycles. The maximum absolute atomic E-state index is 12.3. The van der Waals surface area contributed by atoms with Gasteiger partial charge in [0.2, 0.25) is 0 Å². The molecular formula is C18H18BrNO4. The van der Waals surface area contributed by atoms with E-state index in [2.05, 4.69) is 21.2 Å². The summed E-state index contributed by atoms with van der Waals surface area (Å²) in [6.07, 6.45) is -0.939. The van der Waals surface area contributed by atoms with Crippen molar-refractivity contribution in [3.8, 4) is 5.75 Å². The fraction of sp³-hybridized carbons (Fsp3) is 0.222. The van der Waals surface area contributed by atoms with Crippen molar-refractivity contribution in [1.82, 2.24) is 0 Å². The number of hydrogen-bond acceptors (Lipinski definition) is 4. The zero-order chi connectivity index (χ0) is 17.7. The molecule has 126 valence electrons. The molecule has 2 aromatic carbocycles. The third kappa shape index (κ3) is 4.58. The summed E-state index contributed by atoms with van der Waals surface area (Å²) >= 11 is 3.32. The van der Waals surface area contributed by atoms with Crippen LogP contribution >= 0.6 is 15.9 Å².